The lowest BCUT2D eigenvalue weighted by Crippen LogP contribution is -2.52. The van der Waals surface area contributed by atoms with Crippen molar-refractivity contribution in [2.24, 2.45) is 0 Å². The Morgan fingerprint density at radius 3 is 2.38 bits per heavy atom. The summed E-state index contributed by atoms with van der Waals surface area (Å²) >= 11 is 0. The number of nitrogens with one attached hydrogen (secondary N) is 1. The van der Waals surface area contributed by atoms with E-state index in [2.05, 4.69) is 5.43 Å². The Morgan fingerprint density at radius 2 is 1.62 bits per heavy atom. The van der Waals surface area contributed by atoms with Crippen LogP contribution in [0.5, 0.6) is 0 Å². The largest absolute Gasteiger partial charge is 0.279 e. The van der Waals surface area contributed by atoms with Crippen molar-refractivity contribution in [1.29, 1.82) is 0 Å². The minimum Gasteiger partial charge on any atom is -0.272 e. The van der Waals surface area contributed by atoms with Gasteiger partial charge in [-0.2, -0.15) is 5.01 Å². The van der Waals surface area contributed by atoms with Crippen LogP contribution < -0.4 is 5.43 Å². The first-order valence-corrected chi connectivity index (χ1v) is 6.48. The molecule has 1 heterocycles. The molecule has 21 heavy (non-hydrogen) atoms. The van der Waals surface area contributed by atoms with E-state index in [0.29, 0.717) is 16.7 Å². The maximum atomic E-state index is 12.3. The van der Waals surface area contributed by atoms with Gasteiger partial charge in [0, 0.05) is 11.1 Å². The first-order chi connectivity index (χ1) is 10.2. The summed E-state index contributed by atoms with van der Waals surface area (Å²) in [5.74, 6) is -1.44. The van der Waals surface area contributed by atoms with Crippen LogP contribution in [-0.4, -0.2) is 22.7 Å². The molecule has 3 rings (SSSR count). The van der Waals surface area contributed by atoms with E-state index in [1.165, 1.54) is 0 Å². The topological polar surface area (TPSA) is 66.5 Å². The van der Waals surface area contributed by atoms with Crippen molar-refractivity contribution in [3.63, 3.8) is 0 Å². The van der Waals surface area contributed by atoms with E-state index in [-0.39, 0.29) is 6.42 Å². The van der Waals surface area contributed by atoms with Crippen LogP contribution in [0.3, 0.4) is 0 Å². The lowest BCUT2D eigenvalue weighted by Gasteiger charge is -2.26. The molecular formula is C16H12N2O3. The minimum absolute atomic E-state index is 0.0942. The van der Waals surface area contributed by atoms with Crippen LogP contribution in [0, 0.1) is 0 Å². The lowest BCUT2D eigenvalue weighted by atomic mass is 10.00. The molecule has 1 aliphatic heterocycles. The fraction of sp³-hybridized carbons (Fsp3) is 0.0625. The van der Waals surface area contributed by atoms with Crippen molar-refractivity contribution in [3.05, 3.63) is 71.3 Å². The minimum atomic E-state index is -0.508. The number of carbonyl (C=O) groups is 3. The van der Waals surface area contributed by atoms with E-state index in [1.807, 2.05) is 0 Å². The highest BCUT2D eigenvalue weighted by Gasteiger charge is 2.32. The highest BCUT2D eigenvalue weighted by molar-refractivity contribution is 6.11. The fourth-order valence-electron chi connectivity index (χ4n) is 2.23. The highest BCUT2D eigenvalue weighted by Crippen LogP contribution is 2.18. The van der Waals surface area contributed by atoms with Gasteiger partial charge in [0.2, 0.25) is 0 Å². The summed E-state index contributed by atoms with van der Waals surface area (Å²) in [6.45, 7) is 0. The first kappa shape index (κ1) is 13.1. The van der Waals surface area contributed by atoms with E-state index in [4.69, 9.17) is 0 Å². The van der Waals surface area contributed by atoms with E-state index < -0.39 is 17.7 Å². The summed E-state index contributed by atoms with van der Waals surface area (Å²) in [7, 11) is 0. The van der Waals surface area contributed by atoms with Crippen LogP contribution in [-0.2, 0) is 11.2 Å². The zero-order valence-corrected chi connectivity index (χ0v) is 11.1. The third-order valence-corrected chi connectivity index (χ3v) is 3.29. The number of hydrogen-bond acceptors (Lipinski definition) is 3. The quantitative estimate of drug-likeness (QED) is 0.849. The molecular weight excluding hydrogens is 268 g/mol. The summed E-state index contributed by atoms with van der Waals surface area (Å²) in [4.78, 5) is 36.4. The van der Waals surface area contributed by atoms with E-state index in [0.717, 1.165) is 5.01 Å². The van der Waals surface area contributed by atoms with Crippen LogP contribution in [0.2, 0.25) is 0 Å². The van der Waals surface area contributed by atoms with Crippen molar-refractivity contribution >= 4 is 17.7 Å². The number of nitrogens with zero attached hydrogens (tertiary/aromatic N) is 1. The Kier molecular flexibility index (Phi) is 3.23. The van der Waals surface area contributed by atoms with Crippen LogP contribution in [0.1, 0.15) is 26.3 Å². The number of benzene rings is 2. The highest BCUT2D eigenvalue weighted by atomic mass is 16.2. The molecule has 0 aliphatic carbocycles. The zero-order chi connectivity index (χ0) is 14.8. The van der Waals surface area contributed by atoms with Gasteiger partial charge in [-0.3, -0.25) is 19.8 Å². The van der Waals surface area contributed by atoms with Gasteiger partial charge in [0.1, 0.15) is 0 Å². The second kappa shape index (κ2) is 5.20. The van der Waals surface area contributed by atoms with Gasteiger partial charge in [-0.05, 0) is 23.8 Å². The van der Waals surface area contributed by atoms with E-state index in [1.54, 1.807) is 54.6 Å². The number of hydrogen-bond donors (Lipinski definition) is 1. The Balaban J connectivity index is 1.85. The molecule has 2 aromatic rings. The first-order valence-electron chi connectivity index (χ1n) is 6.48. The molecule has 0 unspecified atom stereocenters. The van der Waals surface area contributed by atoms with Crippen LogP contribution >= 0.6 is 0 Å². The number of amides is 3. The molecule has 0 spiro atoms. The van der Waals surface area contributed by atoms with Gasteiger partial charge in [-0.25, -0.2) is 0 Å². The third kappa shape index (κ3) is 2.41. The number of hydrazine groups is 1. The van der Waals surface area contributed by atoms with Crippen molar-refractivity contribution in [2.45, 2.75) is 6.42 Å². The Morgan fingerprint density at radius 1 is 0.952 bits per heavy atom. The van der Waals surface area contributed by atoms with Crippen LogP contribution in [0.15, 0.2) is 54.6 Å². The monoisotopic (exact) mass is 280 g/mol. The number of fused-ring (bicyclic) bond motifs is 1. The van der Waals surface area contributed by atoms with Crippen molar-refractivity contribution in [1.82, 2.24) is 10.4 Å². The molecule has 1 N–H and O–H groups in total. The van der Waals surface area contributed by atoms with Gasteiger partial charge in [-0.1, -0.05) is 36.4 Å². The summed E-state index contributed by atoms with van der Waals surface area (Å²) in [6, 6.07) is 15.3. The maximum Gasteiger partial charge on any atom is 0.279 e. The van der Waals surface area contributed by atoms with Crippen LogP contribution in [0.4, 0.5) is 0 Å². The lowest BCUT2D eigenvalue weighted by molar-refractivity contribution is -0.130. The van der Waals surface area contributed by atoms with Crippen molar-refractivity contribution in [3.8, 4) is 0 Å². The van der Waals surface area contributed by atoms with Gasteiger partial charge in [0.15, 0.2) is 0 Å². The molecule has 5 nitrogen and oxygen atoms in total. The van der Waals surface area contributed by atoms with Crippen molar-refractivity contribution < 1.29 is 14.4 Å². The molecule has 3 amide bonds. The zero-order valence-electron chi connectivity index (χ0n) is 11.1. The molecule has 0 bridgehead atoms. The van der Waals surface area contributed by atoms with Gasteiger partial charge < -0.3 is 0 Å². The Hall–Kier alpha value is -2.95. The smallest absolute Gasteiger partial charge is 0.272 e. The van der Waals surface area contributed by atoms with E-state index in [9.17, 15) is 14.4 Å². The van der Waals surface area contributed by atoms with Gasteiger partial charge in [0.25, 0.3) is 17.7 Å². The molecule has 2 aromatic carbocycles. The third-order valence-electron chi connectivity index (χ3n) is 3.29. The summed E-state index contributed by atoms with van der Waals surface area (Å²) in [5.41, 5.74) is 3.87. The van der Waals surface area contributed by atoms with Crippen LogP contribution in [0.25, 0.3) is 0 Å². The molecule has 5 heteroatoms. The van der Waals surface area contributed by atoms with Gasteiger partial charge in [0.05, 0.1) is 6.42 Å². The molecule has 0 fully saturated rings. The number of carbonyl (C=O) groups excluding carboxylic acids is 3. The second-order valence-corrected chi connectivity index (χ2v) is 4.68. The molecule has 0 aromatic heterocycles. The summed E-state index contributed by atoms with van der Waals surface area (Å²) in [5, 5.41) is 0.789. The Labute approximate surface area is 121 Å². The fourth-order valence-corrected chi connectivity index (χ4v) is 2.23. The predicted octanol–water partition coefficient (Wildman–Crippen LogP) is 1.56. The average Bonchev–Trinajstić information content (AvgIpc) is 2.52. The SMILES string of the molecule is O=C(NN1C(=O)Cc2ccccc2C1=O)c1ccccc1. The number of rotatable bonds is 2. The van der Waals surface area contributed by atoms with Crippen molar-refractivity contribution in [2.75, 3.05) is 0 Å². The average molecular weight is 280 g/mol. The normalized spacial score (nSPS) is 13.8. The number of imide groups is 1. The summed E-state index contributed by atoms with van der Waals surface area (Å²) < 4.78 is 0. The van der Waals surface area contributed by atoms with Gasteiger partial charge >= 0.3 is 0 Å². The molecule has 1 aliphatic rings. The van der Waals surface area contributed by atoms with E-state index >= 15 is 0 Å². The standard InChI is InChI=1S/C16H12N2O3/c19-14-10-12-8-4-5-9-13(12)16(21)18(14)17-15(20)11-6-2-1-3-7-11/h1-9H,10H2,(H,17,20). The summed E-state index contributed by atoms with van der Waals surface area (Å²) in [6.07, 6.45) is 0.0942. The maximum absolute atomic E-state index is 12.3. The molecule has 0 saturated heterocycles. The molecule has 0 atom stereocenters. The van der Waals surface area contributed by atoms with Gasteiger partial charge in [-0.15, -0.1) is 0 Å². The predicted molar refractivity (Wildman–Crippen MR) is 75.2 cm³/mol. The second-order valence-electron chi connectivity index (χ2n) is 4.68. The molecule has 104 valence electrons. The Bertz CT molecular complexity index is 725. The molecule has 0 saturated carbocycles. The molecule has 0 radical (unpaired) electrons.